The molecule has 4 rings (SSSR count). The number of rotatable bonds is 8. The summed E-state index contributed by atoms with van der Waals surface area (Å²) in [4.78, 5) is 26.8. The van der Waals surface area contributed by atoms with E-state index in [1.807, 2.05) is 53.4 Å². The van der Waals surface area contributed by atoms with Crippen LogP contribution < -0.4 is 10.2 Å². The van der Waals surface area contributed by atoms with Gasteiger partial charge in [0.05, 0.1) is 12.0 Å². The molecular formula is C26H22N4O3S. The number of ether oxygens (including phenoxy) is 1. The number of nitriles is 1. The Hall–Kier alpha value is -4.09. The van der Waals surface area contributed by atoms with Crippen molar-refractivity contribution in [1.29, 1.82) is 5.26 Å². The number of hydrogen-bond donors (Lipinski definition) is 1. The summed E-state index contributed by atoms with van der Waals surface area (Å²) < 4.78 is 5.20. The third-order valence-corrected chi connectivity index (χ3v) is 6.44. The first-order chi connectivity index (χ1) is 16.6. The van der Waals surface area contributed by atoms with Gasteiger partial charge in [0, 0.05) is 12.1 Å². The van der Waals surface area contributed by atoms with Gasteiger partial charge in [0.15, 0.2) is 6.61 Å². The number of hydrazone groups is 1. The standard InChI is InChI=1S/C26H22N4O3S/c27-14-15-33-23-12-6-19(7-13-23)16-28-29-25(32)21-8-10-22(11-9-21)26-30(24(31)18-34-26)17-20-4-2-1-3-5-20/h1-13,16,26H,15,17-18H2,(H,29,32)/b28-16-/t26-/m0/s1. The predicted molar refractivity (Wildman–Crippen MR) is 131 cm³/mol. The minimum absolute atomic E-state index is 0.0108. The van der Waals surface area contributed by atoms with E-state index in [0.29, 0.717) is 23.6 Å². The molecule has 0 aliphatic carbocycles. The first-order valence-corrected chi connectivity index (χ1v) is 11.7. The highest BCUT2D eigenvalue weighted by molar-refractivity contribution is 8.00. The van der Waals surface area contributed by atoms with Crippen molar-refractivity contribution in [1.82, 2.24) is 10.3 Å². The Morgan fingerprint density at radius 1 is 1.12 bits per heavy atom. The third-order valence-electron chi connectivity index (χ3n) is 5.19. The highest BCUT2D eigenvalue weighted by Gasteiger charge is 2.32. The van der Waals surface area contributed by atoms with E-state index in [1.165, 1.54) is 6.21 Å². The average molecular weight is 471 g/mol. The van der Waals surface area contributed by atoms with Gasteiger partial charge in [0.2, 0.25) is 5.91 Å². The van der Waals surface area contributed by atoms with Crippen LogP contribution in [-0.2, 0) is 11.3 Å². The molecule has 170 valence electrons. The molecule has 0 aromatic heterocycles. The zero-order valence-electron chi connectivity index (χ0n) is 18.3. The van der Waals surface area contributed by atoms with Crippen molar-refractivity contribution < 1.29 is 14.3 Å². The molecule has 1 fully saturated rings. The molecule has 7 nitrogen and oxygen atoms in total. The van der Waals surface area contributed by atoms with Crippen LogP contribution in [0.5, 0.6) is 5.75 Å². The lowest BCUT2D eigenvalue weighted by molar-refractivity contribution is -0.128. The highest BCUT2D eigenvalue weighted by atomic mass is 32.2. The molecule has 1 aliphatic rings. The van der Waals surface area contributed by atoms with Crippen molar-refractivity contribution >= 4 is 29.8 Å². The summed E-state index contributed by atoms with van der Waals surface area (Å²) in [6, 6.07) is 26.1. The largest absolute Gasteiger partial charge is 0.479 e. The first kappa shape index (κ1) is 23.1. The fourth-order valence-electron chi connectivity index (χ4n) is 3.48. The molecule has 3 aromatic rings. The van der Waals surface area contributed by atoms with E-state index in [9.17, 15) is 9.59 Å². The third kappa shape index (κ3) is 5.82. The number of hydrogen-bond acceptors (Lipinski definition) is 6. The lowest BCUT2D eigenvalue weighted by atomic mass is 10.1. The van der Waals surface area contributed by atoms with E-state index in [-0.39, 0.29) is 23.8 Å². The molecule has 0 spiro atoms. The summed E-state index contributed by atoms with van der Waals surface area (Å²) in [5.74, 6) is 0.819. The topological polar surface area (TPSA) is 94.8 Å². The minimum atomic E-state index is -0.326. The Bertz CT molecular complexity index is 1210. The number of nitrogens with zero attached hydrogens (tertiary/aromatic N) is 3. The van der Waals surface area contributed by atoms with Crippen LogP contribution in [0, 0.1) is 11.3 Å². The Labute approximate surface area is 202 Å². The fourth-order valence-corrected chi connectivity index (χ4v) is 4.66. The van der Waals surface area contributed by atoms with Gasteiger partial charge in [-0.2, -0.15) is 10.4 Å². The first-order valence-electron chi connectivity index (χ1n) is 10.6. The Balaban J connectivity index is 1.35. The monoisotopic (exact) mass is 470 g/mol. The molecular weight excluding hydrogens is 448 g/mol. The Morgan fingerprint density at radius 2 is 1.85 bits per heavy atom. The van der Waals surface area contributed by atoms with Gasteiger partial charge in [-0.25, -0.2) is 5.43 Å². The summed E-state index contributed by atoms with van der Waals surface area (Å²) in [5, 5.41) is 12.5. The number of carbonyl (C=O) groups excluding carboxylic acids is 2. The molecule has 0 bridgehead atoms. The van der Waals surface area contributed by atoms with Gasteiger partial charge < -0.3 is 9.64 Å². The summed E-state index contributed by atoms with van der Waals surface area (Å²) in [5.41, 5.74) is 5.84. The van der Waals surface area contributed by atoms with Gasteiger partial charge in [0.25, 0.3) is 5.91 Å². The number of amides is 2. The van der Waals surface area contributed by atoms with Crippen LogP contribution in [-0.4, -0.2) is 35.3 Å². The molecule has 0 radical (unpaired) electrons. The Kier molecular flexibility index (Phi) is 7.58. The van der Waals surface area contributed by atoms with Crippen LogP contribution in [0.3, 0.4) is 0 Å². The molecule has 1 aliphatic heterocycles. The molecule has 1 atom stereocenters. The summed E-state index contributed by atoms with van der Waals surface area (Å²) in [6.07, 6.45) is 1.53. The molecule has 8 heteroatoms. The highest BCUT2D eigenvalue weighted by Crippen LogP contribution is 2.39. The van der Waals surface area contributed by atoms with Gasteiger partial charge in [0.1, 0.15) is 17.2 Å². The second-order valence-corrected chi connectivity index (χ2v) is 8.58. The smallest absolute Gasteiger partial charge is 0.271 e. The number of carbonyl (C=O) groups is 2. The zero-order valence-corrected chi connectivity index (χ0v) is 19.1. The molecule has 1 heterocycles. The van der Waals surface area contributed by atoms with Gasteiger partial charge in [-0.3, -0.25) is 9.59 Å². The molecule has 1 N–H and O–H groups in total. The lowest BCUT2D eigenvalue weighted by Crippen LogP contribution is -2.27. The zero-order chi connectivity index (χ0) is 23.8. The molecule has 0 saturated carbocycles. The van der Waals surface area contributed by atoms with E-state index in [2.05, 4.69) is 10.5 Å². The van der Waals surface area contributed by atoms with Gasteiger partial charge in [-0.05, 0) is 53.1 Å². The fraction of sp³-hybridized carbons (Fsp3) is 0.154. The lowest BCUT2D eigenvalue weighted by Gasteiger charge is -2.24. The van der Waals surface area contributed by atoms with Crippen molar-refractivity contribution in [3.8, 4) is 11.8 Å². The second-order valence-electron chi connectivity index (χ2n) is 7.51. The van der Waals surface area contributed by atoms with Crippen LogP contribution in [0.2, 0.25) is 0 Å². The maximum atomic E-state index is 12.5. The Morgan fingerprint density at radius 3 is 2.56 bits per heavy atom. The number of benzene rings is 3. The van der Waals surface area contributed by atoms with Crippen LogP contribution in [0.15, 0.2) is 84.0 Å². The van der Waals surface area contributed by atoms with E-state index in [0.717, 1.165) is 16.7 Å². The predicted octanol–water partition coefficient (Wildman–Crippen LogP) is 4.13. The van der Waals surface area contributed by atoms with Gasteiger partial charge in [-0.1, -0.05) is 42.5 Å². The number of nitrogens with one attached hydrogen (secondary N) is 1. The van der Waals surface area contributed by atoms with Crippen LogP contribution in [0.4, 0.5) is 0 Å². The van der Waals surface area contributed by atoms with Crippen molar-refractivity contribution in [2.75, 3.05) is 12.4 Å². The van der Waals surface area contributed by atoms with Crippen molar-refractivity contribution in [2.24, 2.45) is 5.10 Å². The van der Waals surface area contributed by atoms with Crippen molar-refractivity contribution in [3.05, 3.63) is 101 Å². The quantitative estimate of drug-likeness (QED) is 0.395. The van der Waals surface area contributed by atoms with Gasteiger partial charge in [-0.15, -0.1) is 11.8 Å². The molecule has 2 amide bonds. The maximum Gasteiger partial charge on any atom is 0.271 e. The van der Waals surface area contributed by atoms with E-state index < -0.39 is 0 Å². The second kappa shape index (κ2) is 11.2. The van der Waals surface area contributed by atoms with Crippen molar-refractivity contribution in [3.63, 3.8) is 0 Å². The molecule has 1 saturated heterocycles. The minimum Gasteiger partial charge on any atom is -0.479 e. The van der Waals surface area contributed by atoms with E-state index >= 15 is 0 Å². The summed E-state index contributed by atoms with van der Waals surface area (Å²) in [6.45, 7) is 0.544. The molecule has 34 heavy (non-hydrogen) atoms. The molecule has 3 aromatic carbocycles. The van der Waals surface area contributed by atoms with Crippen LogP contribution in [0.1, 0.15) is 32.4 Å². The van der Waals surface area contributed by atoms with Crippen molar-refractivity contribution in [2.45, 2.75) is 11.9 Å². The van der Waals surface area contributed by atoms with Crippen LogP contribution >= 0.6 is 11.8 Å². The molecule has 0 unspecified atom stereocenters. The van der Waals surface area contributed by atoms with Crippen LogP contribution in [0.25, 0.3) is 0 Å². The summed E-state index contributed by atoms with van der Waals surface area (Å²) >= 11 is 1.59. The number of thioether (sulfide) groups is 1. The van der Waals surface area contributed by atoms with E-state index in [4.69, 9.17) is 10.00 Å². The average Bonchev–Trinajstić information content (AvgIpc) is 3.24. The summed E-state index contributed by atoms with van der Waals surface area (Å²) in [7, 11) is 0. The van der Waals surface area contributed by atoms with E-state index in [1.54, 1.807) is 48.2 Å². The maximum absolute atomic E-state index is 12.5. The SMILES string of the molecule is N#CCOc1ccc(/C=N\NC(=O)c2ccc([C@@H]3SCC(=O)N3Cc3ccccc3)cc2)cc1. The normalized spacial score (nSPS) is 15.3. The van der Waals surface area contributed by atoms with Gasteiger partial charge >= 0.3 is 0 Å².